The Bertz CT molecular complexity index is 171. The predicted octanol–water partition coefficient (Wildman–Crippen LogP) is 7.72. The first kappa shape index (κ1) is 22.3. The van der Waals surface area contributed by atoms with Crippen LogP contribution in [0.2, 0.25) is 0 Å². The summed E-state index contributed by atoms with van der Waals surface area (Å²) in [5.41, 5.74) is 0. The maximum Gasteiger partial charge on any atom is -0.0440 e. The first-order valence-corrected chi connectivity index (χ1v) is 9.37. The van der Waals surface area contributed by atoms with E-state index in [1.54, 1.807) is 0 Å². The second kappa shape index (κ2) is 15.4. The zero-order valence-electron chi connectivity index (χ0n) is 16.0. The third-order valence-corrected chi connectivity index (χ3v) is 4.46. The highest BCUT2D eigenvalue weighted by Crippen LogP contribution is 2.20. The van der Waals surface area contributed by atoms with Gasteiger partial charge in [0.15, 0.2) is 0 Å². The molecule has 0 rings (SSSR count). The van der Waals surface area contributed by atoms with Gasteiger partial charge >= 0.3 is 0 Å². The van der Waals surface area contributed by atoms with Crippen molar-refractivity contribution in [1.82, 2.24) is 0 Å². The van der Waals surface area contributed by atoms with Crippen molar-refractivity contribution in [2.45, 2.75) is 107 Å². The summed E-state index contributed by atoms with van der Waals surface area (Å²) in [4.78, 5) is 0. The lowest BCUT2D eigenvalue weighted by molar-refractivity contribution is 0.367. The molecule has 0 N–H and O–H groups in total. The topological polar surface area (TPSA) is 0 Å². The molecule has 124 valence electrons. The maximum atomic E-state index is 2.41. The molecule has 3 unspecified atom stereocenters. The quantitative estimate of drug-likeness (QED) is 0.385. The van der Waals surface area contributed by atoms with Crippen molar-refractivity contribution in [2.75, 3.05) is 0 Å². The number of hydrogen-bond donors (Lipinski definition) is 0. The zero-order chi connectivity index (χ0) is 16.0. The molecule has 0 amide bonds. The Kier molecular flexibility index (Phi) is 17.1. The molecule has 0 aromatic heterocycles. The van der Waals surface area contributed by atoms with E-state index < -0.39 is 0 Å². The van der Waals surface area contributed by atoms with Gasteiger partial charge in [-0.2, -0.15) is 0 Å². The smallest absolute Gasteiger partial charge is 0.0440 e. The third-order valence-electron chi connectivity index (χ3n) is 4.46. The molecular weight excluding hydrogens is 240 g/mol. The summed E-state index contributed by atoms with van der Waals surface area (Å²) in [7, 11) is 0. The van der Waals surface area contributed by atoms with Crippen LogP contribution in [0.3, 0.4) is 0 Å². The summed E-state index contributed by atoms with van der Waals surface area (Å²) in [6.45, 7) is 18.5. The Hall–Kier alpha value is 0. The fourth-order valence-corrected chi connectivity index (χ4v) is 2.54. The Morgan fingerprint density at radius 2 is 1.15 bits per heavy atom. The van der Waals surface area contributed by atoms with E-state index in [-0.39, 0.29) is 0 Å². The van der Waals surface area contributed by atoms with Gasteiger partial charge in [-0.25, -0.2) is 0 Å². The molecule has 0 radical (unpaired) electrons. The first-order valence-electron chi connectivity index (χ1n) is 9.37. The number of hydrogen-bond acceptors (Lipinski definition) is 0. The second-order valence-corrected chi connectivity index (χ2v) is 7.48. The van der Waals surface area contributed by atoms with E-state index in [0.29, 0.717) is 0 Å². The monoisotopic (exact) mass is 284 g/mol. The Balaban J connectivity index is 0. The number of rotatable bonds is 10. The van der Waals surface area contributed by atoms with Gasteiger partial charge in [0, 0.05) is 0 Å². The summed E-state index contributed by atoms with van der Waals surface area (Å²) in [6.07, 6.45) is 11.1. The summed E-state index contributed by atoms with van der Waals surface area (Å²) >= 11 is 0. The van der Waals surface area contributed by atoms with Gasteiger partial charge in [0.1, 0.15) is 0 Å². The van der Waals surface area contributed by atoms with Gasteiger partial charge in [-0.3, -0.25) is 0 Å². The van der Waals surface area contributed by atoms with Crippen LogP contribution in [-0.2, 0) is 0 Å². The Morgan fingerprint density at radius 3 is 1.50 bits per heavy atom. The molecule has 0 heteroatoms. The van der Waals surface area contributed by atoms with E-state index >= 15 is 0 Å². The van der Waals surface area contributed by atoms with Crippen molar-refractivity contribution < 1.29 is 0 Å². The van der Waals surface area contributed by atoms with Crippen LogP contribution in [-0.4, -0.2) is 0 Å². The van der Waals surface area contributed by atoms with Crippen molar-refractivity contribution in [3.05, 3.63) is 0 Å². The van der Waals surface area contributed by atoms with Crippen molar-refractivity contribution in [2.24, 2.45) is 23.7 Å². The highest BCUT2D eigenvalue weighted by atomic mass is 14.1. The molecule has 20 heavy (non-hydrogen) atoms. The van der Waals surface area contributed by atoms with Crippen LogP contribution in [0.15, 0.2) is 0 Å². The minimum Gasteiger partial charge on any atom is -0.0654 e. The van der Waals surface area contributed by atoms with E-state index in [9.17, 15) is 0 Å². The molecule has 0 fully saturated rings. The highest BCUT2D eigenvalue weighted by Gasteiger charge is 2.07. The molecule has 0 aromatic carbocycles. The summed E-state index contributed by atoms with van der Waals surface area (Å²) < 4.78 is 0. The van der Waals surface area contributed by atoms with Gasteiger partial charge in [0.25, 0.3) is 0 Å². The van der Waals surface area contributed by atoms with Crippen LogP contribution in [0.4, 0.5) is 0 Å². The van der Waals surface area contributed by atoms with E-state index in [1.807, 2.05) is 0 Å². The van der Waals surface area contributed by atoms with Crippen molar-refractivity contribution in [3.63, 3.8) is 0 Å². The van der Waals surface area contributed by atoms with E-state index in [0.717, 1.165) is 23.7 Å². The average molecular weight is 285 g/mol. The molecule has 0 heterocycles. The van der Waals surface area contributed by atoms with Crippen LogP contribution in [0.1, 0.15) is 107 Å². The van der Waals surface area contributed by atoms with Crippen LogP contribution in [0.25, 0.3) is 0 Å². The van der Waals surface area contributed by atoms with E-state index in [1.165, 1.54) is 51.4 Å². The average Bonchev–Trinajstić information content (AvgIpc) is 2.39. The molecule has 0 spiro atoms. The van der Waals surface area contributed by atoms with Gasteiger partial charge in [-0.1, -0.05) is 100 Å². The maximum absolute atomic E-state index is 2.41. The zero-order valence-corrected chi connectivity index (χ0v) is 16.0. The van der Waals surface area contributed by atoms with Crippen LogP contribution in [0, 0.1) is 23.7 Å². The molecule has 0 aliphatic heterocycles. The van der Waals surface area contributed by atoms with Crippen LogP contribution >= 0.6 is 0 Å². The standard InChI is InChI=1S/C13H28.C7H16/c1-6-12(4)10-13(5)9-7-8-11(2)3;1-4-6-7(3)5-2/h11-13H,6-10H2,1-5H3;7H,4-6H2,1-3H3. The third kappa shape index (κ3) is 18.0. The largest absolute Gasteiger partial charge is 0.0654 e. The van der Waals surface area contributed by atoms with Gasteiger partial charge in [-0.05, 0) is 30.1 Å². The van der Waals surface area contributed by atoms with Gasteiger partial charge in [-0.15, -0.1) is 0 Å². The van der Waals surface area contributed by atoms with Gasteiger partial charge in [0.05, 0.1) is 0 Å². The molecule has 0 aliphatic rings. The molecule has 0 aromatic rings. The van der Waals surface area contributed by atoms with E-state index in [2.05, 4.69) is 55.4 Å². The molecular formula is C20H44. The normalized spacial score (nSPS) is 15.4. The van der Waals surface area contributed by atoms with Crippen molar-refractivity contribution in [1.29, 1.82) is 0 Å². The minimum atomic E-state index is 0.885. The summed E-state index contributed by atoms with van der Waals surface area (Å²) in [6, 6.07) is 0. The fraction of sp³-hybridized carbons (Fsp3) is 1.00. The lowest BCUT2D eigenvalue weighted by Crippen LogP contribution is -2.02. The minimum absolute atomic E-state index is 0.885. The predicted molar refractivity (Wildman–Crippen MR) is 96.3 cm³/mol. The van der Waals surface area contributed by atoms with Crippen molar-refractivity contribution in [3.8, 4) is 0 Å². The fourth-order valence-electron chi connectivity index (χ4n) is 2.54. The Labute approximate surface area is 131 Å². The molecule has 0 nitrogen and oxygen atoms in total. The molecule has 3 atom stereocenters. The van der Waals surface area contributed by atoms with E-state index in [4.69, 9.17) is 0 Å². The first-order chi connectivity index (χ1) is 9.37. The summed E-state index contributed by atoms with van der Waals surface area (Å²) in [5, 5.41) is 0. The molecule has 0 bridgehead atoms. The van der Waals surface area contributed by atoms with Crippen LogP contribution < -0.4 is 0 Å². The lowest BCUT2D eigenvalue weighted by atomic mass is 9.90. The SMILES string of the molecule is CCC(C)CC(C)CCCC(C)C.CCCC(C)CC. The Morgan fingerprint density at radius 1 is 0.600 bits per heavy atom. The van der Waals surface area contributed by atoms with Gasteiger partial charge in [0.2, 0.25) is 0 Å². The summed E-state index contributed by atoms with van der Waals surface area (Å²) in [5.74, 6) is 3.70. The van der Waals surface area contributed by atoms with Crippen LogP contribution in [0.5, 0.6) is 0 Å². The molecule has 0 saturated carbocycles. The second-order valence-electron chi connectivity index (χ2n) is 7.48. The highest BCUT2D eigenvalue weighted by molar-refractivity contribution is 4.59. The van der Waals surface area contributed by atoms with Crippen molar-refractivity contribution >= 4 is 0 Å². The molecule has 0 saturated heterocycles. The lowest BCUT2D eigenvalue weighted by Gasteiger charge is -2.16. The van der Waals surface area contributed by atoms with Gasteiger partial charge < -0.3 is 0 Å². The molecule has 0 aliphatic carbocycles.